The van der Waals surface area contributed by atoms with E-state index in [0.29, 0.717) is 10.9 Å². The minimum absolute atomic E-state index is 0.0378. The first kappa shape index (κ1) is 15.0. The first-order valence-electron chi connectivity index (χ1n) is 7.59. The summed E-state index contributed by atoms with van der Waals surface area (Å²) in [5.74, 6) is 0.443. The lowest BCUT2D eigenvalue weighted by Gasteiger charge is -2.25. The Bertz CT molecular complexity index is 606. The van der Waals surface area contributed by atoms with Crippen LogP contribution < -0.4 is 5.32 Å². The Hall–Kier alpha value is -1.88. The van der Waals surface area contributed by atoms with Gasteiger partial charge in [0.25, 0.3) is 0 Å². The number of benzene rings is 1. The molecule has 0 saturated heterocycles. The van der Waals surface area contributed by atoms with E-state index < -0.39 is 0 Å². The minimum atomic E-state index is -0.0441. The summed E-state index contributed by atoms with van der Waals surface area (Å²) in [4.78, 5) is 16.1. The number of nitrogens with one attached hydrogen (secondary N) is 1. The van der Waals surface area contributed by atoms with E-state index in [1.54, 1.807) is 6.33 Å². The Labute approximate surface area is 134 Å². The molecule has 1 fully saturated rings. The van der Waals surface area contributed by atoms with Gasteiger partial charge in [0, 0.05) is 5.02 Å². The quantitative estimate of drug-likeness (QED) is 0.922. The van der Waals surface area contributed by atoms with Crippen LogP contribution in [0.1, 0.15) is 37.3 Å². The fourth-order valence-corrected chi connectivity index (χ4v) is 3.24. The van der Waals surface area contributed by atoms with Gasteiger partial charge < -0.3 is 5.32 Å². The van der Waals surface area contributed by atoms with Crippen molar-refractivity contribution in [3.8, 4) is 0 Å². The minimum Gasteiger partial charge on any atom is -0.347 e. The van der Waals surface area contributed by atoms with Crippen molar-refractivity contribution in [3.63, 3.8) is 0 Å². The number of halogens is 1. The van der Waals surface area contributed by atoms with Gasteiger partial charge in [-0.1, -0.05) is 36.6 Å². The molecule has 6 heteroatoms. The molecule has 1 N–H and O–H groups in total. The molecule has 1 aromatic carbocycles. The van der Waals surface area contributed by atoms with E-state index in [1.165, 1.54) is 23.9 Å². The number of rotatable bonds is 5. The first-order valence-corrected chi connectivity index (χ1v) is 7.97. The zero-order valence-electron chi connectivity index (χ0n) is 12.3. The summed E-state index contributed by atoms with van der Waals surface area (Å²) < 4.78 is 1.53. The van der Waals surface area contributed by atoms with E-state index in [4.69, 9.17) is 11.6 Å². The highest BCUT2D eigenvalue weighted by Crippen LogP contribution is 2.36. The standard InChI is InChI=1S/C16H19ClN4O/c17-14-7-5-13(6-8-14)16(12-3-1-2-4-12)20-15(22)9-21-11-18-10-19-21/h5-8,10-12,16H,1-4,9H2,(H,20,22)/t16-/m0/s1. The van der Waals surface area contributed by atoms with Crippen molar-refractivity contribution in [2.45, 2.75) is 38.3 Å². The molecule has 2 aromatic rings. The van der Waals surface area contributed by atoms with Crippen LogP contribution in [0.2, 0.25) is 5.02 Å². The van der Waals surface area contributed by atoms with Crippen LogP contribution in [0, 0.1) is 5.92 Å². The summed E-state index contributed by atoms with van der Waals surface area (Å²) in [5.41, 5.74) is 1.11. The van der Waals surface area contributed by atoms with Crippen molar-refractivity contribution in [2.24, 2.45) is 5.92 Å². The fourth-order valence-electron chi connectivity index (χ4n) is 3.11. The summed E-state index contributed by atoms with van der Waals surface area (Å²) in [6.45, 7) is 0.191. The zero-order valence-corrected chi connectivity index (χ0v) is 13.0. The van der Waals surface area contributed by atoms with Gasteiger partial charge >= 0.3 is 0 Å². The van der Waals surface area contributed by atoms with Crippen molar-refractivity contribution in [1.29, 1.82) is 0 Å². The van der Waals surface area contributed by atoms with E-state index in [0.717, 1.165) is 18.4 Å². The number of hydrogen-bond donors (Lipinski definition) is 1. The lowest BCUT2D eigenvalue weighted by atomic mass is 9.91. The van der Waals surface area contributed by atoms with E-state index in [-0.39, 0.29) is 18.5 Å². The van der Waals surface area contributed by atoms with Gasteiger partial charge in [-0.3, -0.25) is 4.79 Å². The summed E-state index contributed by atoms with van der Waals surface area (Å²) in [7, 11) is 0. The Kier molecular flexibility index (Phi) is 4.73. The maximum absolute atomic E-state index is 12.3. The molecule has 1 saturated carbocycles. The molecule has 1 atom stereocenters. The maximum atomic E-state index is 12.3. The van der Waals surface area contributed by atoms with Crippen LogP contribution in [0.5, 0.6) is 0 Å². The lowest BCUT2D eigenvalue weighted by molar-refractivity contribution is -0.123. The molecule has 1 heterocycles. The molecule has 1 aromatic heterocycles. The molecule has 22 heavy (non-hydrogen) atoms. The summed E-state index contributed by atoms with van der Waals surface area (Å²) >= 11 is 5.97. The van der Waals surface area contributed by atoms with Crippen molar-refractivity contribution in [1.82, 2.24) is 20.1 Å². The third-order valence-electron chi connectivity index (χ3n) is 4.19. The van der Waals surface area contributed by atoms with Gasteiger partial charge in [-0.05, 0) is 36.5 Å². The largest absolute Gasteiger partial charge is 0.347 e. The Balaban J connectivity index is 1.73. The van der Waals surface area contributed by atoms with Crippen molar-refractivity contribution < 1.29 is 4.79 Å². The third-order valence-corrected chi connectivity index (χ3v) is 4.44. The number of hydrogen-bond acceptors (Lipinski definition) is 3. The monoisotopic (exact) mass is 318 g/mol. The van der Waals surface area contributed by atoms with Gasteiger partial charge in [-0.2, -0.15) is 5.10 Å². The van der Waals surface area contributed by atoms with Crippen LogP contribution in [0.15, 0.2) is 36.9 Å². The number of carbonyl (C=O) groups is 1. The molecule has 1 aliphatic rings. The molecule has 0 spiro atoms. The van der Waals surface area contributed by atoms with Crippen LogP contribution in [-0.2, 0) is 11.3 Å². The number of amides is 1. The topological polar surface area (TPSA) is 59.8 Å². The SMILES string of the molecule is O=C(Cn1cncn1)N[C@H](c1ccc(Cl)cc1)C1CCCC1. The summed E-state index contributed by atoms with van der Waals surface area (Å²) in [5, 5.41) is 7.85. The number of carbonyl (C=O) groups excluding carboxylic acids is 1. The van der Waals surface area contributed by atoms with Gasteiger partial charge in [0.15, 0.2) is 0 Å². The predicted molar refractivity (Wildman–Crippen MR) is 84.3 cm³/mol. The number of nitrogens with zero attached hydrogens (tertiary/aromatic N) is 3. The van der Waals surface area contributed by atoms with Crippen LogP contribution in [-0.4, -0.2) is 20.7 Å². The molecule has 1 amide bonds. The molecule has 0 unspecified atom stereocenters. The smallest absolute Gasteiger partial charge is 0.242 e. The van der Waals surface area contributed by atoms with Crippen LogP contribution >= 0.6 is 11.6 Å². The molecule has 116 valence electrons. The van der Waals surface area contributed by atoms with Crippen molar-refractivity contribution in [3.05, 3.63) is 47.5 Å². The Morgan fingerprint density at radius 1 is 1.32 bits per heavy atom. The van der Waals surface area contributed by atoms with E-state index in [2.05, 4.69) is 15.4 Å². The number of aromatic nitrogens is 3. The zero-order chi connectivity index (χ0) is 15.4. The maximum Gasteiger partial charge on any atom is 0.242 e. The van der Waals surface area contributed by atoms with Gasteiger partial charge in [-0.25, -0.2) is 9.67 Å². The Morgan fingerprint density at radius 2 is 2.05 bits per heavy atom. The van der Waals surface area contributed by atoms with Crippen molar-refractivity contribution in [2.75, 3.05) is 0 Å². The molecule has 0 radical (unpaired) electrons. The predicted octanol–water partition coefficient (Wildman–Crippen LogP) is 2.98. The van der Waals surface area contributed by atoms with Crippen LogP contribution in [0.4, 0.5) is 0 Å². The summed E-state index contributed by atoms with van der Waals surface area (Å²) in [6.07, 6.45) is 7.74. The normalized spacial score (nSPS) is 16.6. The van der Waals surface area contributed by atoms with Gasteiger partial charge in [0.2, 0.25) is 5.91 Å². The second-order valence-electron chi connectivity index (χ2n) is 5.73. The van der Waals surface area contributed by atoms with Gasteiger partial charge in [0.05, 0.1) is 6.04 Å². The highest BCUT2D eigenvalue weighted by Gasteiger charge is 2.27. The molecule has 1 aliphatic carbocycles. The molecule has 3 rings (SSSR count). The molecule has 5 nitrogen and oxygen atoms in total. The third kappa shape index (κ3) is 3.65. The van der Waals surface area contributed by atoms with E-state index in [9.17, 15) is 4.79 Å². The average molecular weight is 319 g/mol. The highest BCUT2D eigenvalue weighted by molar-refractivity contribution is 6.30. The Morgan fingerprint density at radius 3 is 2.68 bits per heavy atom. The van der Waals surface area contributed by atoms with Crippen LogP contribution in [0.25, 0.3) is 0 Å². The molecule has 0 bridgehead atoms. The first-order chi connectivity index (χ1) is 10.7. The molecule has 0 aliphatic heterocycles. The second-order valence-corrected chi connectivity index (χ2v) is 6.17. The van der Waals surface area contributed by atoms with Crippen LogP contribution in [0.3, 0.4) is 0 Å². The molecular formula is C16H19ClN4O. The van der Waals surface area contributed by atoms with Gasteiger partial charge in [-0.15, -0.1) is 0 Å². The average Bonchev–Trinajstić information content (AvgIpc) is 3.19. The van der Waals surface area contributed by atoms with E-state index >= 15 is 0 Å². The van der Waals surface area contributed by atoms with Crippen molar-refractivity contribution >= 4 is 17.5 Å². The second kappa shape index (κ2) is 6.92. The summed E-state index contributed by atoms with van der Waals surface area (Å²) in [6, 6.07) is 7.79. The lowest BCUT2D eigenvalue weighted by Crippen LogP contribution is -2.35. The van der Waals surface area contributed by atoms with E-state index in [1.807, 2.05) is 24.3 Å². The highest BCUT2D eigenvalue weighted by atomic mass is 35.5. The fraction of sp³-hybridized carbons (Fsp3) is 0.438. The molecular weight excluding hydrogens is 300 g/mol. The van der Waals surface area contributed by atoms with Gasteiger partial charge in [0.1, 0.15) is 19.2 Å².